The molecule has 100 valence electrons. The Hall–Kier alpha value is -0.860. The predicted molar refractivity (Wildman–Crippen MR) is 77.8 cm³/mol. The number of likely N-dealkylation sites (tertiary alicyclic amines) is 1. The van der Waals surface area contributed by atoms with E-state index in [9.17, 15) is 0 Å². The molecule has 2 heteroatoms. The van der Waals surface area contributed by atoms with Gasteiger partial charge in [-0.1, -0.05) is 12.1 Å². The van der Waals surface area contributed by atoms with Crippen LogP contribution in [0.15, 0.2) is 12.1 Å². The molecule has 2 N–H and O–H groups in total. The highest BCUT2D eigenvalue weighted by atomic mass is 15.2. The van der Waals surface area contributed by atoms with E-state index in [1.165, 1.54) is 22.3 Å². The molecule has 0 saturated carbocycles. The lowest BCUT2D eigenvalue weighted by molar-refractivity contribution is 0.197. The van der Waals surface area contributed by atoms with Crippen LogP contribution in [0.3, 0.4) is 0 Å². The van der Waals surface area contributed by atoms with Crippen LogP contribution in [0.1, 0.15) is 48.6 Å². The number of aryl methyl sites for hydroxylation is 3. The van der Waals surface area contributed by atoms with Crippen molar-refractivity contribution in [2.24, 2.45) is 5.73 Å². The smallest absolute Gasteiger partial charge is 0.0505 e. The summed E-state index contributed by atoms with van der Waals surface area (Å²) < 4.78 is 0. The van der Waals surface area contributed by atoms with Crippen molar-refractivity contribution in [3.63, 3.8) is 0 Å². The quantitative estimate of drug-likeness (QED) is 0.869. The molecule has 1 aromatic carbocycles. The molecule has 1 saturated heterocycles. The number of hydrogen-bond donors (Lipinski definition) is 1. The molecule has 0 radical (unpaired) electrons. The number of rotatable bonds is 2. The first-order chi connectivity index (χ1) is 8.41. The zero-order valence-corrected chi connectivity index (χ0v) is 12.3. The van der Waals surface area contributed by atoms with E-state index in [1.54, 1.807) is 0 Å². The van der Waals surface area contributed by atoms with Crippen molar-refractivity contribution in [1.29, 1.82) is 0 Å². The largest absolute Gasteiger partial charge is 0.326 e. The highest BCUT2D eigenvalue weighted by Gasteiger charge is 2.35. The first-order valence-electron chi connectivity index (χ1n) is 7.01. The van der Waals surface area contributed by atoms with Gasteiger partial charge in [-0.3, -0.25) is 4.90 Å². The van der Waals surface area contributed by atoms with E-state index in [2.05, 4.69) is 51.7 Å². The molecule has 2 nitrogen and oxygen atoms in total. The van der Waals surface area contributed by atoms with Gasteiger partial charge in [-0.15, -0.1) is 0 Å². The summed E-state index contributed by atoms with van der Waals surface area (Å²) in [6.45, 7) is 12.2. The fraction of sp³-hybridized carbons (Fsp3) is 0.625. The van der Waals surface area contributed by atoms with E-state index in [-0.39, 0.29) is 6.04 Å². The number of benzene rings is 1. The van der Waals surface area contributed by atoms with Crippen molar-refractivity contribution >= 4 is 0 Å². The monoisotopic (exact) mass is 246 g/mol. The Labute approximate surface area is 111 Å². The molecular formula is C16H26N2. The summed E-state index contributed by atoms with van der Waals surface area (Å²) in [6.07, 6.45) is 1.11. The van der Waals surface area contributed by atoms with Crippen molar-refractivity contribution < 1.29 is 0 Å². The third-order valence-corrected chi connectivity index (χ3v) is 4.35. The molecule has 2 atom stereocenters. The van der Waals surface area contributed by atoms with E-state index in [0.717, 1.165) is 13.0 Å². The summed E-state index contributed by atoms with van der Waals surface area (Å²) in [5.41, 5.74) is 11.9. The molecule has 0 spiro atoms. The Bertz CT molecular complexity index is 437. The Morgan fingerprint density at radius 1 is 1.11 bits per heavy atom. The third-order valence-electron chi connectivity index (χ3n) is 4.35. The van der Waals surface area contributed by atoms with E-state index in [1.807, 2.05) is 0 Å². The van der Waals surface area contributed by atoms with Crippen LogP contribution in [0.2, 0.25) is 0 Å². The second kappa shape index (κ2) is 5.02. The van der Waals surface area contributed by atoms with Gasteiger partial charge in [-0.05, 0) is 63.3 Å². The fourth-order valence-electron chi connectivity index (χ4n) is 3.13. The maximum atomic E-state index is 6.35. The predicted octanol–water partition coefficient (Wildman–Crippen LogP) is 3.09. The fourth-order valence-corrected chi connectivity index (χ4v) is 3.13. The minimum atomic E-state index is 0.271. The van der Waals surface area contributed by atoms with Gasteiger partial charge >= 0.3 is 0 Å². The Balaban J connectivity index is 2.43. The molecule has 1 aliphatic heterocycles. The van der Waals surface area contributed by atoms with Gasteiger partial charge in [0.1, 0.15) is 0 Å². The average molecular weight is 246 g/mol. The third kappa shape index (κ3) is 2.32. The molecular weight excluding hydrogens is 220 g/mol. The molecule has 1 aromatic rings. The molecule has 2 rings (SSSR count). The van der Waals surface area contributed by atoms with Gasteiger partial charge in [0.15, 0.2) is 0 Å². The second-order valence-corrected chi connectivity index (χ2v) is 6.02. The van der Waals surface area contributed by atoms with Crippen LogP contribution in [0.5, 0.6) is 0 Å². The molecule has 0 aromatic heterocycles. The molecule has 18 heavy (non-hydrogen) atoms. The van der Waals surface area contributed by atoms with Crippen molar-refractivity contribution in [2.45, 2.75) is 59.2 Å². The van der Waals surface area contributed by atoms with Crippen LogP contribution in [-0.2, 0) is 0 Å². The molecule has 0 amide bonds. The van der Waals surface area contributed by atoms with Crippen molar-refractivity contribution in [2.75, 3.05) is 6.54 Å². The summed E-state index contributed by atoms with van der Waals surface area (Å²) >= 11 is 0. The van der Waals surface area contributed by atoms with Crippen LogP contribution in [-0.4, -0.2) is 23.5 Å². The van der Waals surface area contributed by atoms with Gasteiger partial charge in [0.25, 0.3) is 0 Å². The van der Waals surface area contributed by atoms with Crippen LogP contribution in [0.4, 0.5) is 0 Å². The average Bonchev–Trinajstić information content (AvgIpc) is 2.66. The van der Waals surface area contributed by atoms with Gasteiger partial charge in [0, 0.05) is 18.6 Å². The number of hydrogen-bond acceptors (Lipinski definition) is 2. The molecule has 1 heterocycles. The summed E-state index contributed by atoms with van der Waals surface area (Å²) in [5, 5.41) is 0. The summed E-state index contributed by atoms with van der Waals surface area (Å²) in [4.78, 5) is 2.54. The van der Waals surface area contributed by atoms with Gasteiger partial charge in [0.2, 0.25) is 0 Å². The molecule has 1 fully saturated rings. The SMILES string of the molecule is Cc1cc(C)c(C2C(N)CCN2C(C)C)cc1C. The summed E-state index contributed by atoms with van der Waals surface area (Å²) in [7, 11) is 0. The molecule has 0 aliphatic carbocycles. The topological polar surface area (TPSA) is 29.3 Å². The first kappa shape index (κ1) is 13.6. The van der Waals surface area contributed by atoms with E-state index in [0.29, 0.717) is 12.1 Å². The lowest BCUT2D eigenvalue weighted by Gasteiger charge is -2.32. The Kier molecular flexibility index (Phi) is 3.79. The summed E-state index contributed by atoms with van der Waals surface area (Å²) in [5.74, 6) is 0. The highest BCUT2D eigenvalue weighted by molar-refractivity contribution is 5.39. The minimum absolute atomic E-state index is 0.271. The zero-order valence-electron chi connectivity index (χ0n) is 12.3. The number of nitrogens with two attached hydrogens (primary N) is 1. The zero-order chi connectivity index (χ0) is 13.4. The van der Waals surface area contributed by atoms with Gasteiger partial charge in [-0.25, -0.2) is 0 Å². The van der Waals surface area contributed by atoms with Crippen molar-refractivity contribution in [1.82, 2.24) is 4.90 Å². The Morgan fingerprint density at radius 2 is 1.72 bits per heavy atom. The van der Waals surface area contributed by atoms with Crippen LogP contribution < -0.4 is 5.73 Å². The van der Waals surface area contributed by atoms with Crippen LogP contribution >= 0.6 is 0 Å². The van der Waals surface area contributed by atoms with Gasteiger partial charge in [0.05, 0.1) is 6.04 Å². The maximum absolute atomic E-state index is 6.35. The molecule has 1 aliphatic rings. The lowest BCUT2D eigenvalue weighted by atomic mass is 9.92. The first-order valence-corrected chi connectivity index (χ1v) is 7.01. The van der Waals surface area contributed by atoms with Gasteiger partial charge in [-0.2, -0.15) is 0 Å². The normalized spacial score (nSPS) is 25.1. The minimum Gasteiger partial charge on any atom is -0.326 e. The molecule has 2 unspecified atom stereocenters. The maximum Gasteiger partial charge on any atom is 0.0505 e. The standard InChI is InChI=1S/C16H26N2/c1-10(2)18-7-6-15(17)16(18)14-9-12(4)11(3)8-13(14)5/h8-10,15-16H,6-7,17H2,1-5H3. The summed E-state index contributed by atoms with van der Waals surface area (Å²) in [6, 6.07) is 5.87. The Morgan fingerprint density at radius 3 is 2.33 bits per heavy atom. The van der Waals surface area contributed by atoms with Crippen molar-refractivity contribution in [3.05, 3.63) is 34.4 Å². The number of nitrogens with zero attached hydrogens (tertiary/aromatic N) is 1. The van der Waals surface area contributed by atoms with E-state index >= 15 is 0 Å². The van der Waals surface area contributed by atoms with Gasteiger partial charge < -0.3 is 5.73 Å². The van der Waals surface area contributed by atoms with E-state index < -0.39 is 0 Å². The lowest BCUT2D eigenvalue weighted by Crippen LogP contribution is -2.36. The highest BCUT2D eigenvalue weighted by Crippen LogP contribution is 2.35. The van der Waals surface area contributed by atoms with Crippen molar-refractivity contribution in [3.8, 4) is 0 Å². The van der Waals surface area contributed by atoms with E-state index in [4.69, 9.17) is 5.73 Å². The second-order valence-electron chi connectivity index (χ2n) is 6.02. The molecule has 0 bridgehead atoms. The van der Waals surface area contributed by atoms with Crippen LogP contribution in [0, 0.1) is 20.8 Å². The van der Waals surface area contributed by atoms with Crippen LogP contribution in [0.25, 0.3) is 0 Å².